The first-order chi connectivity index (χ1) is 29.0. The molecule has 1 aliphatic rings. The van der Waals surface area contributed by atoms with Crippen LogP contribution in [0, 0.1) is 12.1 Å². The van der Waals surface area contributed by atoms with Crippen molar-refractivity contribution < 1.29 is 20.4 Å². The molecule has 4 aromatic heterocycles. The number of thiophene rings is 1. The summed E-state index contributed by atoms with van der Waals surface area (Å²) >= 11 is 1.87. The van der Waals surface area contributed by atoms with Crippen molar-refractivity contribution in [1.82, 2.24) is 14.4 Å². The zero-order valence-corrected chi connectivity index (χ0v) is 36.2. The van der Waals surface area contributed by atoms with Crippen molar-refractivity contribution in [3.8, 4) is 0 Å². The summed E-state index contributed by atoms with van der Waals surface area (Å²) in [4.78, 5) is 12.5. The third kappa shape index (κ3) is 5.23. The first-order valence-electron chi connectivity index (χ1n) is 20.1. The van der Waals surface area contributed by atoms with Crippen LogP contribution in [0.5, 0.6) is 0 Å². The molecule has 12 rings (SSSR count). The molecule has 0 saturated carbocycles. The molecule has 60 heavy (non-hydrogen) atoms. The first kappa shape index (κ1) is 36.8. The molecule has 0 radical (unpaired) electrons. The molecule has 0 atom stereocenters. The van der Waals surface area contributed by atoms with Gasteiger partial charge in [-0.3, -0.25) is 4.98 Å². The SMILES string of the molecule is CC1(C)c2cc3sc4ccccc4c3cc2N(c2[c-]c([Si](c3[c-]c4c(cc3)c3ccccc3n3ccnc43)(c3ccccc3)c3ccccc3)ccc2)c2ncccc21.[Pd+2]. The van der Waals surface area contributed by atoms with Gasteiger partial charge in [-0.1, -0.05) is 128 Å². The van der Waals surface area contributed by atoms with Gasteiger partial charge in [0.15, 0.2) is 0 Å². The van der Waals surface area contributed by atoms with Gasteiger partial charge in [-0.05, 0) is 51.7 Å². The minimum atomic E-state index is -3.12. The van der Waals surface area contributed by atoms with E-state index < -0.39 is 8.07 Å². The van der Waals surface area contributed by atoms with Crippen molar-refractivity contribution >= 4 is 105 Å². The topological polar surface area (TPSA) is 33.4 Å². The Labute approximate surface area is 367 Å². The van der Waals surface area contributed by atoms with Crippen LogP contribution in [0.15, 0.2) is 182 Å². The smallest absolute Gasteiger partial charge is 0.340 e. The number of nitrogens with zero attached hydrogens (tertiary/aromatic N) is 4. The fourth-order valence-corrected chi connectivity index (χ4v) is 15.5. The molecule has 0 aliphatic carbocycles. The Hall–Kier alpha value is -6.20. The van der Waals surface area contributed by atoms with Crippen LogP contribution >= 0.6 is 11.3 Å². The summed E-state index contributed by atoms with van der Waals surface area (Å²) in [5, 5.41) is 10.7. The third-order valence-electron chi connectivity index (χ3n) is 12.6. The van der Waals surface area contributed by atoms with E-state index in [-0.39, 0.29) is 25.8 Å². The van der Waals surface area contributed by atoms with Crippen LogP contribution in [0.4, 0.5) is 17.2 Å². The van der Waals surface area contributed by atoms with Crippen molar-refractivity contribution in [2.75, 3.05) is 4.90 Å². The fraction of sp³-hybridized carbons (Fsp3) is 0.0566. The minimum absolute atomic E-state index is 0. The number of hydrogen-bond donors (Lipinski definition) is 0. The van der Waals surface area contributed by atoms with Gasteiger partial charge in [0.1, 0.15) is 13.9 Å². The average Bonchev–Trinajstić information content (AvgIpc) is 3.93. The Morgan fingerprint density at radius 2 is 1.28 bits per heavy atom. The largest absolute Gasteiger partial charge is 2.00 e. The Morgan fingerprint density at radius 3 is 2.08 bits per heavy atom. The van der Waals surface area contributed by atoms with Crippen LogP contribution in [0.2, 0.25) is 0 Å². The van der Waals surface area contributed by atoms with E-state index in [9.17, 15) is 0 Å². The van der Waals surface area contributed by atoms with Crippen molar-refractivity contribution in [3.05, 3.63) is 206 Å². The summed E-state index contributed by atoms with van der Waals surface area (Å²) < 4.78 is 4.80. The number of hydrogen-bond acceptors (Lipinski definition) is 4. The minimum Gasteiger partial charge on any atom is -0.340 e. The van der Waals surface area contributed by atoms with Crippen LogP contribution < -0.4 is 25.6 Å². The predicted molar refractivity (Wildman–Crippen MR) is 249 cm³/mol. The van der Waals surface area contributed by atoms with Gasteiger partial charge in [-0.15, -0.1) is 46.2 Å². The van der Waals surface area contributed by atoms with Gasteiger partial charge < -0.3 is 9.30 Å². The maximum absolute atomic E-state index is 5.16. The van der Waals surface area contributed by atoms with Crippen LogP contribution in [-0.2, 0) is 25.8 Å². The molecule has 7 aromatic carbocycles. The van der Waals surface area contributed by atoms with Gasteiger partial charge in [-0.2, -0.15) is 23.4 Å². The van der Waals surface area contributed by atoms with E-state index in [1.165, 1.54) is 47.1 Å². The molecule has 4 nitrogen and oxygen atoms in total. The zero-order valence-electron chi connectivity index (χ0n) is 32.8. The molecule has 0 amide bonds. The predicted octanol–water partition coefficient (Wildman–Crippen LogP) is 10.5. The molecule has 0 bridgehead atoms. The number of pyridine rings is 2. The van der Waals surface area contributed by atoms with Crippen LogP contribution in [0.25, 0.3) is 47.5 Å². The Kier molecular flexibility index (Phi) is 8.56. The molecule has 5 heterocycles. The summed E-state index contributed by atoms with van der Waals surface area (Å²) in [7, 11) is -3.12. The molecule has 0 saturated heterocycles. The monoisotopic (exact) mass is 894 g/mol. The molecule has 1 aliphatic heterocycles. The average molecular weight is 895 g/mol. The Balaban J connectivity index is 0.00000408. The van der Waals surface area contributed by atoms with E-state index in [0.29, 0.717) is 0 Å². The van der Waals surface area contributed by atoms with Crippen molar-refractivity contribution in [1.29, 1.82) is 0 Å². The van der Waals surface area contributed by atoms with Gasteiger partial charge in [-0.25, -0.2) is 4.98 Å². The molecule has 0 N–H and O–H groups in total. The second-order valence-corrected chi connectivity index (χ2v) is 20.8. The van der Waals surface area contributed by atoms with E-state index in [4.69, 9.17) is 9.97 Å². The number of rotatable bonds is 5. The second kappa shape index (κ2) is 13.9. The maximum Gasteiger partial charge on any atom is 2.00 e. The molecule has 0 spiro atoms. The Bertz CT molecular complexity index is 3410. The van der Waals surface area contributed by atoms with Crippen molar-refractivity contribution in [2.45, 2.75) is 19.3 Å². The van der Waals surface area contributed by atoms with Gasteiger partial charge in [0, 0.05) is 55.3 Å². The first-order valence-corrected chi connectivity index (χ1v) is 22.9. The van der Waals surface area contributed by atoms with E-state index in [2.05, 4.69) is 205 Å². The number of benzene rings is 7. The summed E-state index contributed by atoms with van der Waals surface area (Å²) in [5.41, 5.74) is 6.35. The number of fused-ring (bicyclic) bond motifs is 11. The van der Waals surface area contributed by atoms with Gasteiger partial charge in [0.2, 0.25) is 0 Å². The van der Waals surface area contributed by atoms with E-state index in [1.807, 2.05) is 23.7 Å². The van der Waals surface area contributed by atoms with Gasteiger partial charge in [0.05, 0.1) is 11.3 Å². The molecular formula is C53H36N4PdSSi. The molecule has 7 heteroatoms. The number of aromatic nitrogens is 3. The number of anilines is 3. The van der Waals surface area contributed by atoms with Crippen molar-refractivity contribution in [2.24, 2.45) is 0 Å². The summed E-state index contributed by atoms with van der Waals surface area (Å²) in [6.07, 6.45) is 5.88. The summed E-state index contributed by atoms with van der Waals surface area (Å²) in [5.74, 6) is 0.940. The van der Waals surface area contributed by atoms with E-state index >= 15 is 0 Å². The quantitative estimate of drug-likeness (QED) is 0.0747. The molecule has 0 fully saturated rings. The van der Waals surface area contributed by atoms with Crippen LogP contribution in [0.3, 0.4) is 0 Å². The fourth-order valence-electron chi connectivity index (χ4n) is 9.84. The third-order valence-corrected chi connectivity index (χ3v) is 18.3. The van der Waals surface area contributed by atoms with E-state index in [0.717, 1.165) is 49.5 Å². The van der Waals surface area contributed by atoms with Gasteiger partial charge >= 0.3 is 20.4 Å². The maximum atomic E-state index is 5.16. The Morgan fingerprint density at radius 1 is 0.567 bits per heavy atom. The van der Waals surface area contributed by atoms with Crippen LogP contribution in [0.1, 0.15) is 25.0 Å². The van der Waals surface area contributed by atoms with Crippen LogP contribution in [-0.4, -0.2) is 22.4 Å². The van der Waals surface area contributed by atoms with Gasteiger partial charge in [0.25, 0.3) is 0 Å². The standard InChI is InChI=1S/C53H36N4SSi.Pd/c1-53(2)45-23-14-28-54-52(45)57(48-33-43-42-22-10-12-25-49(42)58-50(43)34-46(48)53)35-15-13-20-38(31-35)59(36-16-5-3-6-17-36,37-18-7-4-8-19-37)39-26-27-40-41-21-9-11-24-47(41)56-30-29-55-51(56)44(40)32-39;/h3-30,33-34H,1-2H3;/q-2;+2. The van der Waals surface area contributed by atoms with E-state index in [1.54, 1.807) is 0 Å². The summed E-state index contributed by atoms with van der Waals surface area (Å²) in [6, 6.07) is 68.2. The normalized spacial score (nSPS) is 13.5. The number of imidazole rings is 1. The molecule has 288 valence electrons. The molecule has 11 aromatic rings. The molecule has 0 unspecified atom stereocenters. The zero-order chi connectivity index (χ0) is 39.3. The number of para-hydroxylation sites is 1. The molecular weight excluding hydrogens is 859 g/mol. The summed E-state index contributed by atoms with van der Waals surface area (Å²) in [6.45, 7) is 4.67. The second-order valence-electron chi connectivity index (χ2n) is 16.0. The van der Waals surface area contributed by atoms with Crippen molar-refractivity contribution in [3.63, 3.8) is 0 Å².